The minimum absolute atomic E-state index is 0. The van der Waals surface area contributed by atoms with Crippen molar-refractivity contribution in [3.63, 3.8) is 0 Å². The number of aliphatic hydroxyl groups is 6. The molecule has 0 aromatic rings. The van der Waals surface area contributed by atoms with Crippen molar-refractivity contribution in [2.24, 2.45) is 29.1 Å². The Hall–Kier alpha value is 1.38. The molecule has 0 radical (unpaired) electrons. The van der Waals surface area contributed by atoms with E-state index in [1.807, 2.05) is 6.92 Å². The summed E-state index contributed by atoms with van der Waals surface area (Å²) in [6.45, 7) is 10.1. The Morgan fingerprint density at radius 3 is 1.95 bits per heavy atom. The minimum atomic E-state index is -5.43. The van der Waals surface area contributed by atoms with Gasteiger partial charge >= 0.3 is 105 Å². The van der Waals surface area contributed by atoms with Crippen molar-refractivity contribution in [1.29, 1.82) is 0 Å². The van der Waals surface area contributed by atoms with Gasteiger partial charge in [-0.3, -0.25) is 14.0 Å². The van der Waals surface area contributed by atoms with Gasteiger partial charge in [0.05, 0.1) is 17.4 Å². The molecule has 7 fully saturated rings. The van der Waals surface area contributed by atoms with Gasteiger partial charge in [0.25, 0.3) is 0 Å². The van der Waals surface area contributed by atoms with Gasteiger partial charge < -0.3 is 64.4 Å². The van der Waals surface area contributed by atoms with Gasteiger partial charge in [0.1, 0.15) is 22.4 Å². The molecule has 4 saturated carbocycles. The number of carboxylic acid groups (broad SMARTS) is 1. The van der Waals surface area contributed by atoms with E-state index < -0.39 is 98.8 Å². The van der Waals surface area contributed by atoms with Crippen LogP contribution in [0.15, 0.2) is 11.6 Å². The molecule has 3 saturated heterocycles. The average Bonchev–Trinajstić information content (AvgIpc) is 3.20. The maximum atomic E-state index is 12.9. The topological polar surface area (TPSA) is 338 Å². The summed E-state index contributed by atoms with van der Waals surface area (Å²) in [7, 11) is -10.1. The maximum absolute atomic E-state index is 12.9. The third-order valence-electron chi connectivity index (χ3n) is 14.3. The molecule has 19 nitrogen and oxygen atoms in total. The van der Waals surface area contributed by atoms with E-state index in [2.05, 4.69) is 11.8 Å². The minimum Gasteiger partial charge on any atom is -0.807 e. The summed E-state index contributed by atoms with van der Waals surface area (Å²) in [6, 6.07) is -0.387. The van der Waals surface area contributed by atoms with Crippen LogP contribution in [-0.4, -0.2) is 130 Å². The van der Waals surface area contributed by atoms with E-state index in [9.17, 15) is 35.4 Å². The van der Waals surface area contributed by atoms with Gasteiger partial charge in [-0.1, -0.05) is 19.9 Å². The molecule has 24 heteroatoms. The number of hydrogen-bond donors (Lipinski definition) is 8. The van der Waals surface area contributed by atoms with Crippen LogP contribution in [-0.2, 0) is 29.2 Å². The fourth-order valence-electron chi connectivity index (χ4n) is 11.8. The number of piperidine rings is 2. The van der Waals surface area contributed by atoms with E-state index in [0.717, 1.165) is 6.42 Å². The average molecular weight is 882 g/mol. The van der Waals surface area contributed by atoms with Gasteiger partial charge in [-0.15, -0.1) is 0 Å². The van der Waals surface area contributed by atoms with Crippen LogP contribution >= 0.6 is 7.60 Å². The Bertz CT molecular complexity index is 1730. The van der Waals surface area contributed by atoms with Crippen LogP contribution in [0.1, 0.15) is 86.0 Å². The zero-order valence-corrected chi connectivity index (χ0v) is 41.4. The van der Waals surface area contributed by atoms with E-state index in [-0.39, 0.29) is 114 Å². The molecule has 7 rings (SSSR count). The number of hydrogen-bond acceptors (Lipinski definition) is 17. The zero-order valence-electron chi connectivity index (χ0n) is 33.7. The number of fused-ring (bicyclic) bond motifs is 5. The van der Waals surface area contributed by atoms with Gasteiger partial charge in [0.15, 0.2) is 6.10 Å². The third kappa shape index (κ3) is 8.56. The van der Waals surface area contributed by atoms with Crippen LogP contribution < -0.4 is 104 Å². The van der Waals surface area contributed by atoms with E-state index in [1.54, 1.807) is 26.8 Å². The molecule has 0 aromatic carbocycles. The number of aliphatic hydroxyl groups excluding tert-OH is 1. The molecule has 14 unspecified atom stereocenters. The molecule has 0 amide bonds. The summed E-state index contributed by atoms with van der Waals surface area (Å²) in [5.41, 5.74) is -11.5. The molecule has 4 bridgehead atoms. The van der Waals surface area contributed by atoms with E-state index in [0.29, 0.717) is 50.1 Å². The molecule has 8 N–H and O–H groups in total. The number of esters is 1. The molecule has 1 spiro atoms. The van der Waals surface area contributed by atoms with Gasteiger partial charge in [0, 0.05) is 60.7 Å². The molecule has 14 atom stereocenters. The van der Waals surface area contributed by atoms with Gasteiger partial charge in [0.2, 0.25) is 5.79 Å². The maximum Gasteiger partial charge on any atom is 1.00 e. The fraction of sp³-hybridized carbons (Fsp3) is 0.879. The Kier molecular flexibility index (Phi) is 17.0. The predicted octanol–water partition coefficient (Wildman–Crippen LogP) is -11.4. The van der Waals surface area contributed by atoms with Crippen LogP contribution in [0.4, 0.5) is 4.79 Å². The van der Waals surface area contributed by atoms with Crippen LogP contribution in [0, 0.1) is 29.1 Å². The van der Waals surface area contributed by atoms with Crippen molar-refractivity contribution in [1.82, 2.24) is 4.90 Å². The molecule has 7 aliphatic rings. The van der Waals surface area contributed by atoms with Crippen molar-refractivity contribution in [3.8, 4) is 0 Å². The van der Waals surface area contributed by atoms with Gasteiger partial charge in [-0.25, -0.2) is 4.79 Å². The summed E-state index contributed by atoms with van der Waals surface area (Å²) in [5, 5.41) is 83.0. The molecule has 3 heterocycles. The van der Waals surface area contributed by atoms with Crippen molar-refractivity contribution < 1.29 is 175 Å². The quantitative estimate of drug-likeness (QED) is 0.0429. The summed E-state index contributed by atoms with van der Waals surface area (Å²) < 4.78 is 53.3. The Labute approximate surface area is 397 Å². The summed E-state index contributed by atoms with van der Waals surface area (Å²) >= 11 is 0. The first-order valence-electron chi connectivity index (χ1n) is 17.9. The first-order chi connectivity index (χ1) is 24.4. The number of carbonyl (C=O) groups is 2. The number of rotatable bonds is 3. The SMILES string of the molecule is CC=C(C)C(=O)OC1CCC2(C)C3CCC4C5(O)CC(O)C6(O)C(CN7CC(C)CCC7C6(C)O)C5(O)CC42OC13O.O=C([O-])P(=O)([O-])[O-].O=S(=O)(O)O.[Na+].[Na+].[Na+]. The van der Waals surface area contributed by atoms with E-state index >= 15 is 0 Å². The van der Waals surface area contributed by atoms with Crippen molar-refractivity contribution >= 4 is 29.7 Å². The molecule has 310 valence electrons. The van der Waals surface area contributed by atoms with Crippen molar-refractivity contribution in [2.75, 3.05) is 13.1 Å². The summed E-state index contributed by atoms with van der Waals surface area (Å²) in [5.74, 6) is -4.05. The Balaban J connectivity index is 0.000000657. The number of ether oxygens (including phenoxy) is 2. The smallest absolute Gasteiger partial charge is 0.807 e. The molecule has 57 heavy (non-hydrogen) atoms. The molecular weight excluding hydrogens is 830 g/mol. The monoisotopic (exact) mass is 881 g/mol. The second kappa shape index (κ2) is 17.7. The Morgan fingerprint density at radius 1 is 0.912 bits per heavy atom. The summed E-state index contributed by atoms with van der Waals surface area (Å²) in [4.78, 5) is 42.2. The second-order valence-electron chi connectivity index (χ2n) is 16.9. The van der Waals surface area contributed by atoms with Crippen LogP contribution in [0.5, 0.6) is 0 Å². The van der Waals surface area contributed by atoms with E-state index in [4.69, 9.17) is 51.2 Å². The number of nitrogens with zero attached hydrogens (tertiary/aromatic N) is 1. The van der Waals surface area contributed by atoms with Crippen molar-refractivity contribution in [2.45, 2.75) is 138 Å². The Morgan fingerprint density at radius 2 is 1.44 bits per heavy atom. The van der Waals surface area contributed by atoms with Crippen LogP contribution in [0.25, 0.3) is 0 Å². The summed E-state index contributed by atoms with van der Waals surface area (Å²) in [6.07, 6.45) is 2.30. The fourth-order valence-corrected chi connectivity index (χ4v) is 11.8. The van der Waals surface area contributed by atoms with Crippen molar-refractivity contribution in [3.05, 3.63) is 11.6 Å². The van der Waals surface area contributed by atoms with Crippen LogP contribution in [0.3, 0.4) is 0 Å². The molecular formula is C33H51NNa3O18PS. The number of allylic oxidation sites excluding steroid dienone is 1. The predicted molar refractivity (Wildman–Crippen MR) is 177 cm³/mol. The first-order valence-corrected chi connectivity index (χ1v) is 20.9. The zero-order chi connectivity index (χ0) is 41.0. The van der Waals surface area contributed by atoms with Gasteiger partial charge in [-0.2, -0.15) is 8.42 Å². The standard InChI is InChI=1S/C32H49NO9.CH3O5P.3Na.H2O4S/c1-6-18(3)25(35)41-24-11-12-26(4)19-8-9-20-28(37)13-23(34)31(39)21(29(28,38)16-30(20,26)42-32(19,24)40)15-33-14-17(2)7-10-22(33)27(31,5)36;2-1(3)7(4,5)6;;;;1-5(2,3)4/h6,17,19-24,34,36-40H,7-16H2,1-5H3;(H,2,3)(H2,4,5,6);;;;(H2,1,2,3,4)/q;;3*+1;/p-3. The third-order valence-corrected chi connectivity index (χ3v) is 14.7. The van der Waals surface area contributed by atoms with Crippen LogP contribution in [0.2, 0.25) is 0 Å². The largest absolute Gasteiger partial charge is 1.00 e. The molecule has 3 aliphatic heterocycles. The normalized spacial score (nSPS) is 46.8. The number of carbonyl (C=O) groups excluding carboxylic acids is 2. The molecule has 0 aromatic heterocycles. The van der Waals surface area contributed by atoms with E-state index in [1.165, 1.54) is 0 Å². The first kappa shape index (κ1) is 54.5. The molecule has 4 aliphatic carbocycles. The second-order valence-corrected chi connectivity index (χ2v) is 19.1. The van der Waals surface area contributed by atoms with Gasteiger partial charge in [-0.05, 0) is 72.8 Å².